The van der Waals surface area contributed by atoms with Crippen LogP contribution < -0.4 is 0 Å². The van der Waals surface area contributed by atoms with Crippen LogP contribution in [0.15, 0.2) is 23.3 Å². The summed E-state index contributed by atoms with van der Waals surface area (Å²) < 4.78 is 13.0. The molecule has 0 aromatic heterocycles. The maximum absolute atomic E-state index is 13.0. The highest BCUT2D eigenvalue weighted by atomic mass is 19.1. The van der Waals surface area contributed by atoms with E-state index in [1.807, 2.05) is 0 Å². The number of aldehydes is 1. The summed E-state index contributed by atoms with van der Waals surface area (Å²) in [6.45, 7) is -0.314. The summed E-state index contributed by atoms with van der Waals surface area (Å²) in [6, 6.07) is 3.39. The highest BCUT2D eigenvalue weighted by Crippen LogP contribution is 2.19. The van der Waals surface area contributed by atoms with E-state index in [0.29, 0.717) is 6.29 Å². The lowest BCUT2D eigenvalue weighted by Gasteiger charge is -2.16. The van der Waals surface area contributed by atoms with Crippen LogP contribution in [-0.4, -0.2) is 29.1 Å². The van der Waals surface area contributed by atoms with Gasteiger partial charge in [-0.25, -0.2) is 4.39 Å². The third-order valence-electron chi connectivity index (χ3n) is 2.18. The second-order valence-electron chi connectivity index (χ2n) is 3.32. The average molecular weight is 239 g/mol. The molecule has 0 heterocycles. The zero-order chi connectivity index (χ0) is 12.8. The molecule has 0 amide bonds. The van der Waals surface area contributed by atoms with Crippen molar-refractivity contribution in [2.24, 2.45) is 5.11 Å². The second-order valence-corrected chi connectivity index (χ2v) is 3.32. The summed E-state index contributed by atoms with van der Waals surface area (Å²) in [5.74, 6) is -0.708. The lowest BCUT2D eigenvalue weighted by Crippen LogP contribution is -2.21. The van der Waals surface area contributed by atoms with E-state index in [1.165, 1.54) is 6.07 Å². The predicted octanol–water partition coefficient (Wildman–Crippen LogP) is 1.34. The molecule has 0 aliphatic heterocycles. The molecular weight excluding hydrogens is 229 g/mol. The number of carbonyl (C=O) groups is 1. The molecule has 0 spiro atoms. The van der Waals surface area contributed by atoms with Crippen molar-refractivity contribution in [2.45, 2.75) is 12.2 Å². The van der Waals surface area contributed by atoms with Gasteiger partial charge in [0, 0.05) is 4.91 Å². The fourth-order valence-corrected chi connectivity index (χ4v) is 1.28. The van der Waals surface area contributed by atoms with Crippen molar-refractivity contribution in [1.82, 2.24) is 0 Å². The van der Waals surface area contributed by atoms with Crippen molar-refractivity contribution in [3.05, 3.63) is 45.6 Å². The van der Waals surface area contributed by atoms with Crippen molar-refractivity contribution in [2.75, 3.05) is 6.54 Å². The Morgan fingerprint density at radius 3 is 2.82 bits per heavy atom. The Labute approximate surface area is 95.9 Å². The number of aliphatic hydroxyl groups excluding tert-OH is 2. The van der Waals surface area contributed by atoms with Crippen molar-refractivity contribution < 1.29 is 19.4 Å². The van der Waals surface area contributed by atoms with E-state index < -0.39 is 18.0 Å². The smallest absolute Gasteiger partial charge is 0.153 e. The van der Waals surface area contributed by atoms with Gasteiger partial charge in [0.05, 0.1) is 18.2 Å². The highest BCUT2D eigenvalue weighted by Gasteiger charge is 2.18. The molecule has 0 bridgehead atoms. The molecule has 6 nitrogen and oxygen atoms in total. The number of carbonyl (C=O) groups excluding carboxylic acids is 1. The van der Waals surface area contributed by atoms with E-state index in [1.54, 1.807) is 0 Å². The zero-order valence-corrected chi connectivity index (χ0v) is 8.69. The molecule has 2 atom stereocenters. The SMILES string of the molecule is [N-]=[N+]=NCC(O)C(O)c1ccc(F)c(C=O)c1. The Morgan fingerprint density at radius 1 is 1.53 bits per heavy atom. The summed E-state index contributed by atoms with van der Waals surface area (Å²) in [4.78, 5) is 12.9. The molecule has 2 unspecified atom stereocenters. The minimum Gasteiger partial charge on any atom is -0.390 e. The zero-order valence-electron chi connectivity index (χ0n) is 8.69. The van der Waals surface area contributed by atoms with Gasteiger partial charge in [0.25, 0.3) is 0 Å². The largest absolute Gasteiger partial charge is 0.390 e. The molecule has 0 fully saturated rings. The number of rotatable bonds is 5. The standard InChI is InChI=1S/C10H10FN3O3/c11-8-2-1-6(3-7(8)5-15)10(17)9(16)4-13-14-12/h1-3,5,9-10,16-17H,4H2. The molecule has 17 heavy (non-hydrogen) atoms. The van der Waals surface area contributed by atoms with Crippen LogP contribution in [0.1, 0.15) is 22.0 Å². The van der Waals surface area contributed by atoms with Crippen molar-refractivity contribution in [3.63, 3.8) is 0 Å². The normalized spacial score (nSPS) is 13.6. The molecule has 7 heteroatoms. The van der Waals surface area contributed by atoms with Gasteiger partial charge < -0.3 is 10.2 Å². The maximum atomic E-state index is 13.0. The van der Waals surface area contributed by atoms with Crippen LogP contribution in [0.5, 0.6) is 0 Å². The third kappa shape index (κ3) is 3.25. The number of hydrogen-bond donors (Lipinski definition) is 2. The molecule has 1 aromatic carbocycles. The van der Waals surface area contributed by atoms with Gasteiger partial charge in [-0.2, -0.15) is 0 Å². The number of benzene rings is 1. The van der Waals surface area contributed by atoms with Gasteiger partial charge >= 0.3 is 0 Å². The summed E-state index contributed by atoms with van der Waals surface area (Å²) in [6.07, 6.45) is -2.35. The molecule has 90 valence electrons. The third-order valence-corrected chi connectivity index (χ3v) is 2.18. The Hall–Kier alpha value is -1.95. The van der Waals surface area contributed by atoms with Gasteiger partial charge in [0.2, 0.25) is 0 Å². The Bertz CT molecular complexity index is 460. The molecule has 0 radical (unpaired) electrons. The van der Waals surface area contributed by atoms with Crippen LogP contribution in [-0.2, 0) is 0 Å². The van der Waals surface area contributed by atoms with Crippen LogP contribution in [0, 0.1) is 5.82 Å². The monoisotopic (exact) mass is 239 g/mol. The highest BCUT2D eigenvalue weighted by molar-refractivity contribution is 5.75. The summed E-state index contributed by atoms with van der Waals surface area (Å²) >= 11 is 0. The summed E-state index contributed by atoms with van der Waals surface area (Å²) in [5.41, 5.74) is 8.02. The minimum atomic E-state index is -1.35. The van der Waals surface area contributed by atoms with Crippen LogP contribution in [0.4, 0.5) is 4.39 Å². The lowest BCUT2D eigenvalue weighted by molar-refractivity contribution is 0.0243. The van der Waals surface area contributed by atoms with Crippen LogP contribution >= 0.6 is 0 Å². The minimum absolute atomic E-state index is 0.175. The van der Waals surface area contributed by atoms with E-state index in [-0.39, 0.29) is 17.7 Å². The lowest BCUT2D eigenvalue weighted by atomic mass is 10.0. The van der Waals surface area contributed by atoms with Crippen molar-refractivity contribution >= 4 is 6.29 Å². The van der Waals surface area contributed by atoms with Crippen molar-refractivity contribution in [3.8, 4) is 0 Å². The molecule has 0 aliphatic carbocycles. The quantitative estimate of drug-likeness (QED) is 0.350. The van der Waals surface area contributed by atoms with Crippen LogP contribution in [0.3, 0.4) is 0 Å². The first-order valence-electron chi connectivity index (χ1n) is 4.71. The van der Waals surface area contributed by atoms with Gasteiger partial charge in [-0.3, -0.25) is 4.79 Å². The molecule has 2 N–H and O–H groups in total. The maximum Gasteiger partial charge on any atom is 0.153 e. The number of aliphatic hydroxyl groups is 2. The first-order chi connectivity index (χ1) is 8.10. The molecule has 0 aliphatic rings. The fraction of sp³-hybridized carbons (Fsp3) is 0.300. The molecule has 0 saturated heterocycles. The van der Waals surface area contributed by atoms with Crippen LogP contribution in [0.2, 0.25) is 0 Å². The predicted molar refractivity (Wildman–Crippen MR) is 56.8 cm³/mol. The summed E-state index contributed by atoms with van der Waals surface area (Å²) in [5, 5.41) is 22.2. The van der Waals surface area contributed by atoms with Gasteiger partial charge in [0.15, 0.2) is 6.29 Å². The first kappa shape index (κ1) is 13.1. The Kier molecular flexibility index (Phi) is 4.59. The topological polar surface area (TPSA) is 106 Å². The number of azide groups is 1. The fourth-order valence-electron chi connectivity index (χ4n) is 1.28. The van der Waals surface area contributed by atoms with E-state index in [4.69, 9.17) is 5.53 Å². The number of nitrogens with zero attached hydrogens (tertiary/aromatic N) is 3. The molecule has 0 saturated carbocycles. The Morgan fingerprint density at radius 2 is 2.24 bits per heavy atom. The molecule has 1 aromatic rings. The van der Waals surface area contributed by atoms with E-state index in [9.17, 15) is 19.4 Å². The van der Waals surface area contributed by atoms with Gasteiger partial charge in [-0.1, -0.05) is 11.2 Å². The van der Waals surface area contributed by atoms with E-state index >= 15 is 0 Å². The van der Waals surface area contributed by atoms with Gasteiger partial charge in [-0.15, -0.1) is 0 Å². The van der Waals surface area contributed by atoms with Crippen LogP contribution in [0.25, 0.3) is 10.4 Å². The first-order valence-corrected chi connectivity index (χ1v) is 4.71. The number of hydrogen-bond acceptors (Lipinski definition) is 4. The van der Waals surface area contributed by atoms with E-state index in [2.05, 4.69) is 10.0 Å². The molecule has 1 rings (SSSR count). The average Bonchev–Trinajstić information content (AvgIpc) is 2.35. The van der Waals surface area contributed by atoms with E-state index in [0.717, 1.165) is 12.1 Å². The number of halogens is 1. The van der Waals surface area contributed by atoms with Crippen molar-refractivity contribution in [1.29, 1.82) is 0 Å². The molecular formula is C10H10FN3O3. The summed E-state index contributed by atoms with van der Waals surface area (Å²) in [7, 11) is 0. The van der Waals surface area contributed by atoms with Gasteiger partial charge in [0.1, 0.15) is 11.9 Å². The second kappa shape index (κ2) is 5.95. The van der Waals surface area contributed by atoms with Gasteiger partial charge in [-0.05, 0) is 23.2 Å². The Balaban J connectivity index is 2.91.